The number of fused-ring (bicyclic) bond motifs is 4. The first-order valence-electron chi connectivity index (χ1n) is 8.91. The first-order valence-corrected chi connectivity index (χ1v) is 8.91. The second-order valence-electron chi connectivity index (χ2n) is 7.72. The van der Waals surface area contributed by atoms with Gasteiger partial charge in [0.25, 0.3) is 0 Å². The second-order valence-corrected chi connectivity index (χ2v) is 7.72. The van der Waals surface area contributed by atoms with Crippen molar-refractivity contribution in [2.24, 2.45) is 11.3 Å². The van der Waals surface area contributed by atoms with Gasteiger partial charge in [-0.2, -0.15) is 0 Å². The van der Waals surface area contributed by atoms with Gasteiger partial charge in [-0.25, -0.2) is 4.39 Å². The minimum atomic E-state index is -0.741. The van der Waals surface area contributed by atoms with E-state index >= 15 is 0 Å². The number of hydrogen-bond donors (Lipinski definition) is 1. The smallest absolute Gasteiger partial charge is 0.311 e. The molecule has 25 heavy (non-hydrogen) atoms. The summed E-state index contributed by atoms with van der Waals surface area (Å²) in [5, 5.41) is 10.2. The van der Waals surface area contributed by atoms with Crippen LogP contribution in [0, 0.1) is 17.2 Å². The lowest BCUT2D eigenvalue weighted by atomic mass is 9.57. The van der Waals surface area contributed by atoms with Crippen LogP contribution in [0.5, 0.6) is 0 Å². The van der Waals surface area contributed by atoms with Gasteiger partial charge in [0.1, 0.15) is 5.82 Å². The van der Waals surface area contributed by atoms with Crippen LogP contribution in [0.2, 0.25) is 0 Å². The minimum absolute atomic E-state index is 0.0111. The van der Waals surface area contributed by atoms with Crippen LogP contribution >= 0.6 is 0 Å². The lowest BCUT2D eigenvalue weighted by molar-refractivity contribution is -0.151. The molecule has 128 valence electrons. The fourth-order valence-corrected chi connectivity index (χ4v) is 5.49. The zero-order valence-electron chi connectivity index (χ0n) is 13.9. The molecule has 2 aliphatic heterocycles. The molecule has 0 spiro atoms. The Kier molecular flexibility index (Phi) is 3.11. The summed E-state index contributed by atoms with van der Waals surface area (Å²) in [5.41, 5.74) is 2.62. The van der Waals surface area contributed by atoms with Crippen LogP contribution in [0.15, 0.2) is 48.5 Å². The molecule has 0 amide bonds. The van der Waals surface area contributed by atoms with Crippen molar-refractivity contribution in [1.29, 1.82) is 0 Å². The Morgan fingerprint density at radius 2 is 1.92 bits per heavy atom. The number of nitrogens with zero attached hydrogens (tertiary/aromatic N) is 1. The third kappa shape index (κ3) is 1.97. The van der Waals surface area contributed by atoms with Crippen molar-refractivity contribution in [3.8, 4) is 0 Å². The van der Waals surface area contributed by atoms with Crippen LogP contribution in [0.1, 0.15) is 29.0 Å². The molecule has 2 aromatic rings. The second kappa shape index (κ2) is 5.15. The van der Waals surface area contributed by atoms with E-state index in [1.807, 2.05) is 24.3 Å². The largest absolute Gasteiger partial charge is 0.481 e. The molecule has 0 aromatic heterocycles. The fraction of sp³-hybridized carbons (Fsp3) is 0.381. The Morgan fingerprint density at radius 1 is 1.16 bits per heavy atom. The maximum absolute atomic E-state index is 13.5. The average Bonchev–Trinajstić information content (AvgIpc) is 2.82. The number of hydrogen-bond acceptors (Lipinski definition) is 2. The molecule has 0 radical (unpaired) electrons. The summed E-state index contributed by atoms with van der Waals surface area (Å²) >= 11 is 0. The number of rotatable bonds is 2. The number of carboxylic acid groups (broad SMARTS) is 1. The van der Waals surface area contributed by atoms with E-state index in [4.69, 9.17) is 0 Å². The van der Waals surface area contributed by atoms with E-state index in [2.05, 4.69) is 17.0 Å². The van der Waals surface area contributed by atoms with Crippen molar-refractivity contribution >= 4 is 5.97 Å². The summed E-state index contributed by atoms with van der Waals surface area (Å²) in [6, 6.07) is 15.1. The summed E-state index contributed by atoms with van der Waals surface area (Å²) in [6.45, 7) is 1.62. The third-order valence-electron chi connectivity index (χ3n) is 6.63. The molecular weight excluding hydrogens is 317 g/mol. The van der Waals surface area contributed by atoms with Gasteiger partial charge >= 0.3 is 5.97 Å². The Hall–Kier alpha value is -2.20. The third-order valence-corrected chi connectivity index (χ3v) is 6.63. The highest BCUT2D eigenvalue weighted by molar-refractivity contribution is 5.78. The van der Waals surface area contributed by atoms with Crippen LogP contribution in [0.4, 0.5) is 4.39 Å². The van der Waals surface area contributed by atoms with Crippen LogP contribution in [-0.4, -0.2) is 35.1 Å². The summed E-state index contributed by atoms with van der Waals surface area (Å²) in [5.74, 6) is -0.890. The first-order chi connectivity index (χ1) is 12.1. The molecule has 3 nitrogen and oxygen atoms in total. The number of carboxylic acids is 1. The van der Waals surface area contributed by atoms with E-state index in [0.717, 1.165) is 24.1 Å². The number of carbonyl (C=O) groups is 1. The van der Waals surface area contributed by atoms with Crippen LogP contribution in [-0.2, 0) is 11.2 Å². The molecule has 1 N–H and O–H groups in total. The van der Waals surface area contributed by atoms with Gasteiger partial charge in [0.05, 0.1) is 5.41 Å². The van der Waals surface area contributed by atoms with Crippen molar-refractivity contribution in [3.05, 3.63) is 71.0 Å². The molecule has 0 bridgehead atoms. The summed E-state index contributed by atoms with van der Waals surface area (Å²) < 4.78 is 13.5. The van der Waals surface area contributed by atoms with E-state index in [1.54, 1.807) is 0 Å². The molecule has 2 aromatic carbocycles. The predicted molar refractivity (Wildman–Crippen MR) is 91.9 cm³/mol. The van der Waals surface area contributed by atoms with Crippen molar-refractivity contribution in [2.45, 2.75) is 24.8 Å². The Labute approximate surface area is 146 Å². The van der Waals surface area contributed by atoms with Gasteiger partial charge in [0.15, 0.2) is 0 Å². The van der Waals surface area contributed by atoms with Crippen molar-refractivity contribution in [2.75, 3.05) is 13.1 Å². The van der Waals surface area contributed by atoms with E-state index in [-0.39, 0.29) is 17.7 Å². The topological polar surface area (TPSA) is 40.5 Å². The van der Waals surface area contributed by atoms with Crippen molar-refractivity contribution in [3.63, 3.8) is 0 Å². The van der Waals surface area contributed by atoms with Crippen LogP contribution < -0.4 is 0 Å². The Morgan fingerprint density at radius 3 is 2.60 bits per heavy atom. The van der Waals surface area contributed by atoms with Gasteiger partial charge in [0.2, 0.25) is 0 Å². The number of aliphatic carboxylic acids is 1. The molecule has 2 fully saturated rings. The predicted octanol–water partition coefficient (Wildman–Crippen LogP) is 3.29. The van der Waals surface area contributed by atoms with Crippen LogP contribution in [0.3, 0.4) is 0 Å². The SMILES string of the molecule is O=C(O)C12Cc3ccccc3C(c3ccc(F)cc3)C1C1CCN1C2. The molecule has 1 aliphatic carbocycles. The fourth-order valence-electron chi connectivity index (χ4n) is 5.49. The van der Waals surface area contributed by atoms with Gasteiger partial charge < -0.3 is 5.11 Å². The van der Waals surface area contributed by atoms with Gasteiger partial charge in [-0.15, -0.1) is 0 Å². The molecule has 4 unspecified atom stereocenters. The van der Waals surface area contributed by atoms with Gasteiger partial charge in [-0.1, -0.05) is 36.4 Å². The zero-order valence-corrected chi connectivity index (χ0v) is 13.9. The monoisotopic (exact) mass is 337 g/mol. The van der Waals surface area contributed by atoms with E-state index in [9.17, 15) is 14.3 Å². The molecule has 4 heteroatoms. The summed E-state index contributed by atoms with van der Waals surface area (Å²) in [4.78, 5) is 14.8. The normalized spacial score (nSPS) is 33.1. The summed E-state index contributed by atoms with van der Waals surface area (Å²) in [7, 11) is 0. The Bertz CT molecular complexity index is 849. The van der Waals surface area contributed by atoms with E-state index in [0.29, 0.717) is 19.0 Å². The number of halogens is 1. The van der Waals surface area contributed by atoms with Crippen molar-refractivity contribution < 1.29 is 14.3 Å². The molecule has 3 aliphatic rings. The molecular formula is C21H20FNO2. The maximum atomic E-state index is 13.5. The van der Waals surface area contributed by atoms with E-state index < -0.39 is 11.4 Å². The van der Waals surface area contributed by atoms with Crippen LogP contribution in [0.25, 0.3) is 0 Å². The summed E-state index contributed by atoms with van der Waals surface area (Å²) in [6.07, 6.45) is 1.65. The lowest BCUT2D eigenvalue weighted by Gasteiger charge is -2.45. The highest BCUT2D eigenvalue weighted by Gasteiger charge is 2.64. The molecule has 2 heterocycles. The Balaban J connectivity index is 1.73. The number of benzene rings is 2. The first kappa shape index (κ1) is 15.1. The minimum Gasteiger partial charge on any atom is -0.481 e. The zero-order chi connectivity index (χ0) is 17.2. The molecule has 2 saturated heterocycles. The quantitative estimate of drug-likeness (QED) is 0.914. The molecule has 0 saturated carbocycles. The molecule has 4 atom stereocenters. The van der Waals surface area contributed by atoms with Crippen molar-refractivity contribution in [1.82, 2.24) is 4.90 Å². The highest BCUT2D eigenvalue weighted by atomic mass is 19.1. The van der Waals surface area contributed by atoms with Gasteiger partial charge in [-0.05, 0) is 48.2 Å². The average molecular weight is 337 g/mol. The highest BCUT2D eigenvalue weighted by Crippen LogP contribution is 2.59. The van der Waals surface area contributed by atoms with E-state index in [1.165, 1.54) is 17.7 Å². The standard InChI is InChI=1S/C21H20FNO2/c22-15-7-5-13(6-8-15)18-16-4-2-1-3-14(16)11-21(20(24)25)12-23-10-9-17(23)19(18)21/h1-8,17-19H,9-12H2,(H,24,25). The van der Waals surface area contributed by atoms with Gasteiger partial charge in [0, 0.05) is 24.4 Å². The lowest BCUT2D eigenvalue weighted by Crippen LogP contribution is -2.49. The maximum Gasteiger partial charge on any atom is 0.311 e. The molecule has 5 rings (SSSR count). The van der Waals surface area contributed by atoms with Gasteiger partial charge in [-0.3, -0.25) is 9.69 Å².